The molecule has 0 fully saturated rings. The zero-order chi connectivity index (χ0) is 14.0. The summed E-state index contributed by atoms with van der Waals surface area (Å²) < 4.78 is 54.4. The van der Waals surface area contributed by atoms with Gasteiger partial charge in [-0.25, -0.2) is 0 Å². The van der Waals surface area contributed by atoms with E-state index < -0.39 is 35.7 Å². The van der Waals surface area contributed by atoms with Gasteiger partial charge in [-0.05, 0) is 0 Å². The molecule has 5 N–H and O–H groups in total. The summed E-state index contributed by atoms with van der Waals surface area (Å²) in [4.78, 5) is 22.2. The van der Waals surface area contributed by atoms with Crippen molar-refractivity contribution in [2.24, 2.45) is 11.4 Å². The van der Waals surface area contributed by atoms with Crippen molar-refractivity contribution in [3.8, 4) is 0 Å². The Hall–Kier alpha value is -1.10. The Morgan fingerprint density at radius 1 is 2.11 bits per heavy atom. The SMILES string of the molecule is [2H]OC(=O)[C@@]([2H])([15N]([2H])[2H])C([2H])([2H])C(=O)[15N]([2H])[2H]. The van der Waals surface area contributed by atoms with E-state index in [1.54, 1.807) is 0 Å². The van der Waals surface area contributed by atoms with Crippen molar-refractivity contribution >= 4 is 11.9 Å². The topological polar surface area (TPSA) is 106 Å². The molecule has 0 aromatic heterocycles. The summed E-state index contributed by atoms with van der Waals surface area (Å²) in [5.41, 5.74) is -1.50. The summed E-state index contributed by atoms with van der Waals surface area (Å²) in [7, 11) is 0. The van der Waals surface area contributed by atoms with E-state index in [0.717, 1.165) is 0 Å². The minimum Gasteiger partial charge on any atom is -0.480 e. The number of rotatable bonds is 4. The van der Waals surface area contributed by atoms with Crippen molar-refractivity contribution in [2.45, 2.75) is 12.4 Å². The predicted octanol–water partition coefficient (Wildman–Crippen LogP) is -1.73. The number of carbonyl (C=O) groups excluding carboxylic acids is 1. The maximum atomic E-state index is 11.1. The molecule has 0 saturated carbocycles. The molecule has 0 spiro atoms. The Kier molecular flexibility index (Phi) is 0.571. The molecule has 1 atom stereocenters. The van der Waals surface area contributed by atoms with Gasteiger partial charge in [0.1, 0.15) is 8.84 Å². The average Bonchev–Trinajstić information content (AvgIpc) is 2.24. The van der Waals surface area contributed by atoms with Gasteiger partial charge >= 0.3 is 5.97 Å². The monoisotopic (exact) mass is 142 g/mol. The van der Waals surface area contributed by atoms with Gasteiger partial charge in [-0.2, -0.15) is 0 Å². The number of hydrogen-bond acceptors (Lipinski definition) is 4. The van der Waals surface area contributed by atoms with Crippen LogP contribution in [-0.4, -0.2) is 23.0 Å². The molecule has 0 radical (unpaired) electrons. The summed E-state index contributed by atoms with van der Waals surface area (Å²) in [5.74, 6) is -3.95. The summed E-state index contributed by atoms with van der Waals surface area (Å²) in [6.45, 7) is 0. The molecule has 1 amide bonds. The third-order valence-electron chi connectivity index (χ3n) is 0.419. The second kappa shape index (κ2) is 3.03. The molecule has 0 aliphatic rings. The molecule has 0 unspecified atom stereocenters. The number of aliphatic carboxylic acids is 1. The van der Waals surface area contributed by atoms with Crippen LogP contribution in [0.3, 0.4) is 0 Å². The standard InChI is InChI=1S/C4H8N2O3/c5-2(4(8)9)1-3(6)7/h2H,1,5H2,(H2,6,7)(H,8,9)/t2-/m0/s1/i1D2,2D,5+1,6+1/hD5. The lowest BCUT2D eigenvalue weighted by molar-refractivity contribution is -0.140. The van der Waals surface area contributed by atoms with Crippen LogP contribution in [0.1, 0.15) is 10.5 Å². The second-order valence-corrected chi connectivity index (χ2v) is 1.07. The van der Waals surface area contributed by atoms with Crippen LogP contribution in [0.2, 0.25) is 5.65 Å². The fourth-order valence-electron chi connectivity index (χ4n) is 0.152. The maximum Gasteiger partial charge on any atom is 0.321 e. The van der Waals surface area contributed by atoms with Gasteiger partial charge in [-0.15, -0.1) is 0 Å². The number of carbonyl (C=O) groups is 2. The largest absolute Gasteiger partial charge is 0.480 e. The third-order valence-corrected chi connectivity index (χ3v) is 0.419. The Morgan fingerprint density at radius 3 is 3.33 bits per heavy atom. The van der Waals surface area contributed by atoms with E-state index in [0.29, 0.717) is 0 Å². The van der Waals surface area contributed by atoms with Crippen LogP contribution >= 0.6 is 0 Å². The normalized spacial score (nSPS) is 29.9. The van der Waals surface area contributed by atoms with Crippen LogP contribution in [0.4, 0.5) is 0 Å². The lowest BCUT2D eigenvalue weighted by Gasteiger charge is -1.99. The minimum absolute atomic E-state index is 0.732. The van der Waals surface area contributed by atoms with Crippen LogP contribution in [0.15, 0.2) is 0 Å². The number of nitrogens with two attached hydrogens (primary N) is 2. The number of carboxylic acids is 1. The van der Waals surface area contributed by atoms with E-state index in [2.05, 4.69) is 5.11 Å². The molecule has 0 bridgehead atoms. The van der Waals surface area contributed by atoms with E-state index in [1.807, 2.05) is 0 Å². The van der Waals surface area contributed by atoms with Crippen LogP contribution in [0.25, 0.3) is 1.43 Å². The van der Waals surface area contributed by atoms with Gasteiger partial charge in [0.15, 0.2) is 2.82 Å². The Balaban J connectivity index is 5.63. The maximum absolute atomic E-state index is 11.1. The molecule has 0 aromatic carbocycles. The highest BCUT2D eigenvalue weighted by atomic mass is 16.4. The molecule has 9 heavy (non-hydrogen) atoms. The first-order valence-electron chi connectivity index (χ1n) is 5.51. The van der Waals surface area contributed by atoms with Crippen molar-refractivity contribution in [3.63, 3.8) is 0 Å². The van der Waals surface area contributed by atoms with Gasteiger partial charge in [0.25, 0.3) is 1.43 Å². The van der Waals surface area contributed by atoms with Crippen LogP contribution in [0, 0.1) is 0 Å². The molecular weight excluding hydrogens is 126 g/mol. The fourth-order valence-corrected chi connectivity index (χ4v) is 0.152. The van der Waals surface area contributed by atoms with Gasteiger partial charge in [-0.3, -0.25) is 9.59 Å². The Labute approximate surface area is 63.2 Å². The summed E-state index contributed by atoms with van der Waals surface area (Å²) in [5, 5.41) is 3.30. The van der Waals surface area contributed by atoms with Gasteiger partial charge in [0, 0.05) is 2.74 Å². The molecule has 0 aromatic rings. The van der Waals surface area contributed by atoms with E-state index in [1.165, 1.54) is 0 Å². The first-order chi connectivity index (χ1) is 7.53. The van der Waals surface area contributed by atoms with Gasteiger partial charge in [0.2, 0.25) is 5.91 Å². The zero-order valence-corrected chi connectivity index (χ0v) is 4.12. The highest BCUT2D eigenvalue weighted by Gasteiger charge is 2.13. The molecular formula is C4H8N2O3. The Bertz CT molecular complexity index is 322. The number of carboxylic acid groups (broad SMARTS) is 1. The number of amides is 1. The molecule has 0 aliphatic heterocycles. The van der Waals surface area contributed by atoms with Crippen molar-refractivity contribution in [3.05, 3.63) is 0 Å². The van der Waals surface area contributed by atoms with E-state index in [9.17, 15) is 9.59 Å². The smallest absolute Gasteiger partial charge is 0.321 e. The number of primary amides is 1. The van der Waals surface area contributed by atoms with Gasteiger partial charge < -0.3 is 16.5 Å². The minimum atomic E-state index is -3.59. The second-order valence-electron chi connectivity index (χ2n) is 1.07. The molecule has 5 nitrogen and oxygen atoms in total. The summed E-state index contributed by atoms with van der Waals surface area (Å²) >= 11 is 0. The number of hydrogen-bond donors (Lipinski definition) is 3. The highest BCUT2D eigenvalue weighted by Crippen LogP contribution is 1.84. The van der Waals surface area contributed by atoms with Crippen LogP contribution < -0.4 is 11.4 Å². The van der Waals surface area contributed by atoms with Crippen molar-refractivity contribution < 1.29 is 24.5 Å². The molecule has 0 rings (SSSR count). The van der Waals surface area contributed by atoms with E-state index in [-0.39, 0.29) is 0 Å². The van der Waals surface area contributed by atoms with Crippen molar-refractivity contribution in [1.29, 1.82) is 1.43 Å². The van der Waals surface area contributed by atoms with Crippen LogP contribution in [0.5, 0.6) is 0 Å². The zero-order valence-electron chi connectivity index (χ0n) is 12.1. The first kappa shape index (κ1) is 1.69. The van der Waals surface area contributed by atoms with Crippen LogP contribution in [-0.2, 0) is 9.59 Å². The van der Waals surface area contributed by atoms with E-state index in [4.69, 9.17) is 11.2 Å². The van der Waals surface area contributed by atoms with Crippen molar-refractivity contribution in [1.82, 2.24) is 0 Å². The summed E-state index contributed by atoms with van der Waals surface area (Å²) in [6.07, 6.45) is -3.59. The summed E-state index contributed by atoms with van der Waals surface area (Å²) in [6, 6.07) is -3.52. The molecule has 52 valence electrons. The van der Waals surface area contributed by atoms with Crippen molar-refractivity contribution in [2.75, 3.05) is 0 Å². The predicted molar refractivity (Wildman–Crippen MR) is 29.4 cm³/mol. The molecule has 0 heterocycles. The fraction of sp³-hybridized carbons (Fsp3) is 0.500. The average molecular weight is 142 g/mol. The lowest BCUT2D eigenvalue weighted by Crippen LogP contribution is -2.34. The lowest BCUT2D eigenvalue weighted by atomic mass is 10.2. The van der Waals surface area contributed by atoms with E-state index >= 15 is 0 Å². The van der Waals surface area contributed by atoms with Gasteiger partial charge in [0.05, 0.1) is 7.74 Å². The quantitative estimate of drug-likeness (QED) is 0.405. The molecule has 5 heteroatoms. The Morgan fingerprint density at radius 2 is 2.89 bits per heavy atom. The third kappa shape index (κ3) is 3.48. The molecule has 0 aliphatic carbocycles. The highest BCUT2D eigenvalue weighted by molar-refractivity contribution is 5.82. The molecule has 0 saturated heterocycles. The first-order valence-corrected chi connectivity index (χ1v) is 1.81. The van der Waals surface area contributed by atoms with Gasteiger partial charge in [-0.1, -0.05) is 0 Å².